The second kappa shape index (κ2) is 9.79. The topological polar surface area (TPSA) is 102 Å². The Morgan fingerprint density at radius 1 is 1.14 bits per heavy atom. The molecule has 2 aromatic heterocycles. The summed E-state index contributed by atoms with van der Waals surface area (Å²) in [5, 5.41) is 9.25. The number of aromatic amines is 1. The highest BCUT2D eigenvalue weighted by Crippen LogP contribution is 2.27. The van der Waals surface area contributed by atoms with Crippen molar-refractivity contribution in [2.24, 2.45) is 13.0 Å². The minimum absolute atomic E-state index is 0.0190. The molecule has 8 nitrogen and oxygen atoms in total. The van der Waals surface area contributed by atoms with E-state index in [-0.39, 0.29) is 34.9 Å². The van der Waals surface area contributed by atoms with Crippen molar-refractivity contribution in [2.45, 2.75) is 26.5 Å². The van der Waals surface area contributed by atoms with Crippen LogP contribution in [0.3, 0.4) is 0 Å². The minimum Gasteiger partial charge on any atom is -0.486 e. The Bertz CT molecular complexity index is 1480. The van der Waals surface area contributed by atoms with E-state index >= 15 is 0 Å². The number of halogens is 3. The van der Waals surface area contributed by atoms with Crippen LogP contribution in [-0.2, 0) is 20.2 Å². The third kappa shape index (κ3) is 4.85. The number of benzene rings is 2. The van der Waals surface area contributed by atoms with Crippen LogP contribution in [0.15, 0.2) is 52.1 Å². The van der Waals surface area contributed by atoms with E-state index in [1.54, 1.807) is 6.07 Å². The van der Waals surface area contributed by atoms with Crippen LogP contribution in [0.25, 0.3) is 22.6 Å². The second-order valence-corrected chi connectivity index (χ2v) is 8.23. The molecule has 0 spiro atoms. The van der Waals surface area contributed by atoms with Crippen LogP contribution in [0.5, 0.6) is 5.75 Å². The molecule has 0 amide bonds. The number of fused-ring (bicyclic) bond motifs is 1. The Balaban J connectivity index is 1.69. The third-order valence-electron chi connectivity index (χ3n) is 5.73. The molecule has 184 valence electrons. The largest absolute Gasteiger partial charge is 0.486 e. The number of hydrogen-bond donors (Lipinski definition) is 2. The van der Waals surface area contributed by atoms with Gasteiger partial charge in [0.1, 0.15) is 12.4 Å². The van der Waals surface area contributed by atoms with Crippen molar-refractivity contribution in [3.63, 3.8) is 0 Å². The number of aliphatic hydroxyl groups excluding tert-OH is 1. The van der Waals surface area contributed by atoms with Crippen molar-refractivity contribution < 1.29 is 23.0 Å². The molecule has 11 heteroatoms. The fourth-order valence-electron chi connectivity index (χ4n) is 3.73. The maximum Gasteiger partial charge on any atom is 0.330 e. The van der Waals surface area contributed by atoms with E-state index in [1.165, 1.54) is 23.7 Å². The van der Waals surface area contributed by atoms with Crippen LogP contribution in [0, 0.1) is 18.7 Å². The number of imidazole rings is 1. The first-order valence-electron chi connectivity index (χ1n) is 10.8. The molecular weight excluding hydrogens is 465 g/mol. The van der Waals surface area contributed by atoms with Crippen molar-refractivity contribution in [1.29, 1.82) is 0 Å². The molecule has 0 aliphatic heterocycles. The summed E-state index contributed by atoms with van der Waals surface area (Å²) in [6.07, 6.45) is -2.89. The van der Waals surface area contributed by atoms with E-state index in [1.807, 2.05) is 31.2 Å². The fourth-order valence-corrected chi connectivity index (χ4v) is 3.73. The number of aliphatic hydroxyl groups is 1. The number of alkyl halides is 2. The molecule has 1 atom stereocenters. The summed E-state index contributed by atoms with van der Waals surface area (Å²) >= 11 is 0. The maximum absolute atomic E-state index is 14.8. The van der Waals surface area contributed by atoms with E-state index < -0.39 is 42.6 Å². The van der Waals surface area contributed by atoms with Crippen LogP contribution < -0.4 is 16.0 Å². The van der Waals surface area contributed by atoms with E-state index in [0.29, 0.717) is 0 Å². The number of ether oxygens (including phenoxy) is 1. The Hall–Kier alpha value is -3.86. The normalized spacial score (nSPS) is 12.4. The molecule has 4 rings (SSSR count). The molecule has 0 radical (unpaired) electrons. The molecular formula is C24H23F3N4O4. The van der Waals surface area contributed by atoms with Crippen LogP contribution in [0.1, 0.15) is 11.1 Å². The van der Waals surface area contributed by atoms with Gasteiger partial charge < -0.3 is 14.4 Å². The summed E-state index contributed by atoms with van der Waals surface area (Å²) in [7, 11) is 1.49. The number of nitrogens with one attached hydrogen (secondary N) is 1. The second-order valence-electron chi connectivity index (χ2n) is 8.23. The highest BCUT2D eigenvalue weighted by Gasteiger charge is 2.24. The third-order valence-corrected chi connectivity index (χ3v) is 5.73. The molecule has 1 unspecified atom stereocenters. The standard InChI is InChI=1S/C24H23F3N4O4/c1-13-3-5-14(6-4-13)12-35-18-8-7-15(9-17(18)25)21-28-22-19(30(21)2)23(33)29-24(34)31(22)10-16(11-32)20(26)27/h3-9,16,20,32H,10-12H2,1-2H3,(H,29,33,34). The molecule has 0 saturated heterocycles. The number of H-pyrrole nitrogens is 1. The predicted octanol–water partition coefficient (Wildman–Crippen LogP) is 2.99. The van der Waals surface area contributed by atoms with E-state index in [9.17, 15) is 27.9 Å². The van der Waals surface area contributed by atoms with Crippen molar-refractivity contribution in [1.82, 2.24) is 19.1 Å². The van der Waals surface area contributed by atoms with Gasteiger partial charge in [0.25, 0.3) is 5.56 Å². The summed E-state index contributed by atoms with van der Waals surface area (Å²) in [6, 6.07) is 11.8. The van der Waals surface area contributed by atoms with Gasteiger partial charge in [-0.3, -0.25) is 14.3 Å². The average molecular weight is 488 g/mol. The number of aryl methyl sites for hydroxylation is 2. The van der Waals surface area contributed by atoms with Crippen molar-refractivity contribution >= 4 is 11.2 Å². The van der Waals surface area contributed by atoms with Crippen LogP contribution in [0.4, 0.5) is 13.2 Å². The van der Waals surface area contributed by atoms with Crippen molar-refractivity contribution in [3.05, 3.63) is 80.2 Å². The van der Waals surface area contributed by atoms with Crippen molar-refractivity contribution in [3.8, 4) is 17.1 Å². The first kappa shape index (κ1) is 24.3. The molecule has 2 heterocycles. The number of aromatic nitrogens is 4. The number of rotatable bonds is 8. The number of hydrogen-bond acceptors (Lipinski definition) is 5. The summed E-state index contributed by atoms with van der Waals surface area (Å²) < 4.78 is 49.0. The summed E-state index contributed by atoms with van der Waals surface area (Å²) in [5.74, 6) is -2.03. The first-order valence-corrected chi connectivity index (χ1v) is 10.8. The smallest absolute Gasteiger partial charge is 0.330 e. The lowest BCUT2D eigenvalue weighted by Gasteiger charge is -2.14. The van der Waals surface area contributed by atoms with Gasteiger partial charge in [-0.1, -0.05) is 29.8 Å². The van der Waals surface area contributed by atoms with Gasteiger partial charge in [-0.2, -0.15) is 0 Å². The molecule has 35 heavy (non-hydrogen) atoms. The highest BCUT2D eigenvalue weighted by atomic mass is 19.3. The zero-order valence-electron chi connectivity index (χ0n) is 19.0. The zero-order valence-corrected chi connectivity index (χ0v) is 19.0. The van der Waals surface area contributed by atoms with E-state index in [2.05, 4.69) is 9.97 Å². The zero-order chi connectivity index (χ0) is 25.3. The summed E-state index contributed by atoms with van der Waals surface area (Å²) in [6.45, 7) is 0.707. The Morgan fingerprint density at radius 3 is 2.49 bits per heavy atom. The molecule has 0 saturated carbocycles. The molecule has 0 fully saturated rings. The molecule has 0 bridgehead atoms. The van der Waals surface area contributed by atoms with Gasteiger partial charge in [0, 0.05) is 19.2 Å². The van der Waals surface area contributed by atoms with Gasteiger partial charge in [0.2, 0.25) is 6.43 Å². The number of nitrogens with zero attached hydrogens (tertiary/aromatic N) is 3. The summed E-state index contributed by atoms with van der Waals surface area (Å²) in [5.41, 5.74) is 0.362. The van der Waals surface area contributed by atoms with Crippen LogP contribution in [0.2, 0.25) is 0 Å². The first-order chi connectivity index (χ1) is 16.7. The van der Waals surface area contributed by atoms with Gasteiger partial charge in [-0.15, -0.1) is 0 Å². The SMILES string of the molecule is Cc1ccc(COc2ccc(-c3nc4c(c(=O)[nH]c(=O)n4CC(CO)C(F)F)n3C)cc2F)cc1. The lowest BCUT2D eigenvalue weighted by molar-refractivity contribution is 0.0323. The molecule has 2 aromatic carbocycles. The lowest BCUT2D eigenvalue weighted by Crippen LogP contribution is -2.35. The van der Waals surface area contributed by atoms with Gasteiger partial charge in [-0.05, 0) is 30.7 Å². The van der Waals surface area contributed by atoms with Gasteiger partial charge >= 0.3 is 5.69 Å². The predicted molar refractivity (Wildman–Crippen MR) is 123 cm³/mol. The Kier molecular flexibility index (Phi) is 6.79. The van der Waals surface area contributed by atoms with Gasteiger partial charge in [0.15, 0.2) is 22.7 Å². The fraction of sp³-hybridized carbons (Fsp3) is 0.292. The molecule has 2 N–H and O–H groups in total. The monoisotopic (exact) mass is 488 g/mol. The van der Waals surface area contributed by atoms with E-state index in [0.717, 1.165) is 15.7 Å². The lowest BCUT2D eigenvalue weighted by atomic mass is 10.1. The summed E-state index contributed by atoms with van der Waals surface area (Å²) in [4.78, 5) is 31.2. The molecule has 0 aliphatic carbocycles. The van der Waals surface area contributed by atoms with Gasteiger partial charge in [0.05, 0.1) is 12.5 Å². The highest BCUT2D eigenvalue weighted by molar-refractivity contribution is 5.77. The minimum atomic E-state index is -2.89. The van der Waals surface area contributed by atoms with Crippen molar-refractivity contribution in [2.75, 3.05) is 6.61 Å². The van der Waals surface area contributed by atoms with Crippen LogP contribution >= 0.6 is 0 Å². The van der Waals surface area contributed by atoms with Gasteiger partial charge in [-0.25, -0.2) is 22.9 Å². The van der Waals surface area contributed by atoms with Crippen LogP contribution in [-0.4, -0.2) is 37.2 Å². The Labute approximate surface area is 197 Å². The maximum atomic E-state index is 14.8. The molecule has 0 aliphatic rings. The average Bonchev–Trinajstić information content (AvgIpc) is 3.16. The van der Waals surface area contributed by atoms with E-state index in [4.69, 9.17) is 4.74 Å². The Morgan fingerprint density at radius 2 is 1.86 bits per heavy atom. The quantitative estimate of drug-likeness (QED) is 0.397. The molecule has 4 aromatic rings.